The van der Waals surface area contributed by atoms with Crippen molar-refractivity contribution in [2.45, 2.75) is 38.5 Å². The molecule has 8 heteroatoms. The second kappa shape index (κ2) is 8.47. The van der Waals surface area contributed by atoms with Crippen molar-refractivity contribution in [3.8, 4) is 5.75 Å². The average molecular weight is 413 g/mol. The van der Waals surface area contributed by atoms with Crippen LogP contribution in [0.3, 0.4) is 0 Å². The Kier molecular flexibility index (Phi) is 5.76. The second-order valence-electron chi connectivity index (χ2n) is 7.98. The van der Waals surface area contributed by atoms with Crippen LogP contribution in [0.2, 0.25) is 0 Å². The van der Waals surface area contributed by atoms with Crippen LogP contribution in [0, 0.1) is 11.8 Å². The van der Waals surface area contributed by atoms with E-state index in [0.717, 1.165) is 0 Å². The van der Waals surface area contributed by atoms with Crippen LogP contribution in [-0.4, -0.2) is 64.1 Å². The van der Waals surface area contributed by atoms with E-state index in [0.29, 0.717) is 49.5 Å². The van der Waals surface area contributed by atoms with Gasteiger partial charge < -0.3 is 19.5 Å². The predicted octanol–water partition coefficient (Wildman–Crippen LogP) is 1.98. The number of carbonyl (C=O) groups excluding carboxylic acids is 2. The van der Waals surface area contributed by atoms with Crippen LogP contribution in [0.5, 0.6) is 5.75 Å². The number of aryl methyl sites for hydroxylation is 1. The van der Waals surface area contributed by atoms with Crippen LogP contribution >= 0.6 is 0 Å². The summed E-state index contributed by atoms with van der Waals surface area (Å²) in [5.41, 5.74) is 1.01. The van der Waals surface area contributed by atoms with Gasteiger partial charge in [0.2, 0.25) is 0 Å². The van der Waals surface area contributed by atoms with Gasteiger partial charge in [-0.05, 0) is 55.9 Å². The van der Waals surface area contributed by atoms with Gasteiger partial charge in [0, 0.05) is 25.8 Å². The zero-order valence-corrected chi connectivity index (χ0v) is 17.2. The highest BCUT2D eigenvalue weighted by atomic mass is 16.5. The molecule has 1 aromatic heterocycles. The standard InChI is InChI=1S/C22H27N3O5/c1-3-25-18(7-8-23-25)21(27)24-12-15-10-19(26)20(11-16(15)13-24)30-17-6-4-5-14(9-17)22(28)29-2/h4-9,15-16,19-20,26H,3,10-13H2,1-2H3/t15-,16+,19+,20+/m0/s1. The summed E-state index contributed by atoms with van der Waals surface area (Å²) in [5, 5.41) is 14.8. The summed E-state index contributed by atoms with van der Waals surface area (Å²) >= 11 is 0. The number of carbonyl (C=O) groups is 2. The highest BCUT2D eigenvalue weighted by Crippen LogP contribution is 2.38. The van der Waals surface area contributed by atoms with Crippen molar-refractivity contribution in [2.75, 3.05) is 20.2 Å². The number of fused-ring (bicyclic) bond motifs is 1. The van der Waals surface area contributed by atoms with Crippen LogP contribution in [0.1, 0.15) is 40.6 Å². The lowest BCUT2D eigenvalue weighted by Crippen LogP contribution is -2.42. The summed E-state index contributed by atoms with van der Waals surface area (Å²) in [4.78, 5) is 26.6. The molecular formula is C22H27N3O5. The van der Waals surface area contributed by atoms with Gasteiger partial charge in [-0.2, -0.15) is 5.10 Å². The van der Waals surface area contributed by atoms with E-state index in [9.17, 15) is 14.7 Å². The summed E-state index contributed by atoms with van der Waals surface area (Å²) < 4.78 is 12.5. The molecule has 2 aliphatic rings. The highest BCUT2D eigenvalue weighted by Gasteiger charge is 2.44. The number of aliphatic hydroxyl groups is 1. The van der Waals surface area contributed by atoms with E-state index in [2.05, 4.69) is 5.10 Å². The Morgan fingerprint density at radius 2 is 1.97 bits per heavy atom. The van der Waals surface area contributed by atoms with Gasteiger partial charge in [0.25, 0.3) is 5.91 Å². The number of rotatable bonds is 5. The Labute approximate surface area is 175 Å². The molecule has 1 aliphatic heterocycles. The van der Waals surface area contributed by atoms with Gasteiger partial charge in [0.15, 0.2) is 0 Å². The van der Waals surface area contributed by atoms with Gasteiger partial charge in [0.05, 0.1) is 18.8 Å². The van der Waals surface area contributed by atoms with Gasteiger partial charge in [-0.15, -0.1) is 0 Å². The smallest absolute Gasteiger partial charge is 0.337 e. The molecule has 1 saturated heterocycles. The van der Waals surface area contributed by atoms with Crippen LogP contribution in [0.15, 0.2) is 36.5 Å². The third kappa shape index (κ3) is 3.92. The Morgan fingerprint density at radius 1 is 1.20 bits per heavy atom. The number of benzene rings is 1. The molecule has 1 aromatic carbocycles. The molecule has 0 radical (unpaired) electrons. The minimum atomic E-state index is -0.621. The number of hydrogen-bond donors (Lipinski definition) is 1. The molecule has 1 saturated carbocycles. The molecule has 4 rings (SSSR count). The molecule has 2 aromatic rings. The maximum atomic E-state index is 12.9. The summed E-state index contributed by atoms with van der Waals surface area (Å²) in [6.07, 6.45) is 1.89. The molecule has 2 heterocycles. The first-order valence-electron chi connectivity index (χ1n) is 10.3. The molecule has 1 amide bonds. The molecule has 1 N–H and O–H groups in total. The SMILES string of the molecule is CCn1nccc1C(=O)N1C[C@H]2C[C@@H](Oc3cccc(C(=O)OC)c3)[C@H](O)C[C@H]2C1. The van der Waals surface area contributed by atoms with E-state index in [-0.39, 0.29) is 23.8 Å². The second-order valence-corrected chi connectivity index (χ2v) is 7.98. The minimum Gasteiger partial charge on any atom is -0.488 e. The average Bonchev–Trinajstić information content (AvgIpc) is 3.39. The van der Waals surface area contributed by atoms with Crippen molar-refractivity contribution in [3.05, 3.63) is 47.8 Å². The summed E-state index contributed by atoms with van der Waals surface area (Å²) in [6, 6.07) is 8.53. The first-order valence-corrected chi connectivity index (χ1v) is 10.3. The summed E-state index contributed by atoms with van der Waals surface area (Å²) in [7, 11) is 1.33. The van der Waals surface area contributed by atoms with E-state index < -0.39 is 12.1 Å². The van der Waals surface area contributed by atoms with Crippen molar-refractivity contribution in [2.24, 2.45) is 11.8 Å². The Balaban J connectivity index is 1.42. The number of methoxy groups -OCH3 is 1. The number of likely N-dealkylation sites (tertiary alicyclic amines) is 1. The van der Waals surface area contributed by atoms with Gasteiger partial charge >= 0.3 is 5.97 Å². The number of ether oxygens (including phenoxy) is 2. The van der Waals surface area contributed by atoms with Crippen molar-refractivity contribution in [1.82, 2.24) is 14.7 Å². The highest BCUT2D eigenvalue weighted by molar-refractivity contribution is 5.92. The quantitative estimate of drug-likeness (QED) is 0.754. The van der Waals surface area contributed by atoms with Crippen LogP contribution < -0.4 is 4.74 Å². The van der Waals surface area contributed by atoms with Crippen molar-refractivity contribution >= 4 is 11.9 Å². The van der Waals surface area contributed by atoms with Crippen LogP contribution in [-0.2, 0) is 11.3 Å². The number of nitrogens with zero attached hydrogens (tertiary/aromatic N) is 3. The Bertz CT molecular complexity index is 927. The first-order chi connectivity index (χ1) is 14.5. The van der Waals surface area contributed by atoms with E-state index in [1.807, 2.05) is 11.8 Å². The maximum Gasteiger partial charge on any atom is 0.337 e. The lowest BCUT2D eigenvalue weighted by Gasteiger charge is -2.35. The van der Waals surface area contributed by atoms with Crippen molar-refractivity contribution in [3.63, 3.8) is 0 Å². The molecule has 4 atom stereocenters. The molecule has 2 fully saturated rings. The van der Waals surface area contributed by atoms with Gasteiger partial charge in [-0.3, -0.25) is 9.48 Å². The van der Waals surface area contributed by atoms with Gasteiger partial charge in [0.1, 0.15) is 17.5 Å². The zero-order chi connectivity index (χ0) is 21.3. The normalized spacial score (nSPS) is 25.6. The molecule has 1 aliphatic carbocycles. The first kappa shape index (κ1) is 20.4. The molecule has 0 spiro atoms. The van der Waals surface area contributed by atoms with E-state index in [1.54, 1.807) is 41.2 Å². The van der Waals surface area contributed by atoms with E-state index in [1.165, 1.54) is 7.11 Å². The van der Waals surface area contributed by atoms with E-state index in [4.69, 9.17) is 9.47 Å². The number of hydrogen-bond acceptors (Lipinski definition) is 6. The fraction of sp³-hybridized carbons (Fsp3) is 0.500. The minimum absolute atomic E-state index is 0.0125. The predicted molar refractivity (Wildman–Crippen MR) is 108 cm³/mol. The third-order valence-corrected chi connectivity index (χ3v) is 6.15. The van der Waals surface area contributed by atoms with Crippen LogP contribution in [0.25, 0.3) is 0 Å². The van der Waals surface area contributed by atoms with Crippen molar-refractivity contribution < 1.29 is 24.2 Å². The lowest BCUT2D eigenvalue weighted by molar-refractivity contribution is -0.0231. The largest absolute Gasteiger partial charge is 0.488 e. The summed E-state index contributed by atoms with van der Waals surface area (Å²) in [6.45, 7) is 3.89. The number of amides is 1. The third-order valence-electron chi connectivity index (χ3n) is 6.15. The summed E-state index contributed by atoms with van der Waals surface area (Å²) in [5.74, 6) is 0.605. The number of esters is 1. The lowest BCUT2D eigenvalue weighted by atomic mass is 9.78. The number of aliphatic hydroxyl groups excluding tert-OH is 1. The van der Waals surface area contributed by atoms with Gasteiger partial charge in [-0.25, -0.2) is 4.79 Å². The topological polar surface area (TPSA) is 93.9 Å². The molecule has 160 valence electrons. The molecule has 0 unspecified atom stereocenters. The monoisotopic (exact) mass is 413 g/mol. The molecule has 8 nitrogen and oxygen atoms in total. The van der Waals surface area contributed by atoms with E-state index >= 15 is 0 Å². The van der Waals surface area contributed by atoms with Gasteiger partial charge in [-0.1, -0.05) is 6.07 Å². The Hall–Kier alpha value is -2.87. The zero-order valence-electron chi connectivity index (χ0n) is 17.2. The van der Waals surface area contributed by atoms with Crippen molar-refractivity contribution in [1.29, 1.82) is 0 Å². The number of aromatic nitrogens is 2. The molecule has 0 bridgehead atoms. The molecular weight excluding hydrogens is 386 g/mol. The maximum absolute atomic E-state index is 12.9. The Morgan fingerprint density at radius 3 is 2.70 bits per heavy atom. The molecule has 30 heavy (non-hydrogen) atoms. The fourth-order valence-electron chi connectivity index (χ4n) is 4.60. The fourth-order valence-corrected chi connectivity index (χ4v) is 4.60. The van der Waals surface area contributed by atoms with Crippen LogP contribution in [0.4, 0.5) is 0 Å².